The molecule has 0 heterocycles. The van der Waals surface area contributed by atoms with Crippen molar-refractivity contribution in [2.75, 3.05) is 7.05 Å². The van der Waals surface area contributed by atoms with Crippen molar-refractivity contribution in [1.82, 2.24) is 5.32 Å². The maximum atomic E-state index is 6.12. The number of halogens is 1. The van der Waals surface area contributed by atoms with Crippen molar-refractivity contribution >= 4 is 11.6 Å². The fourth-order valence-electron chi connectivity index (χ4n) is 1.72. The van der Waals surface area contributed by atoms with E-state index < -0.39 is 0 Å². The van der Waals surface area contributed by atoms with Gasteiger partial charge in [0.1, 0.15) is 0 Å². The van der Waals surface area contributed by atoms with Crippen LogP contribution in [-0.2, 0) is 0 Å². The van der Waals surface area contributed by atoms with Crippen LogP contribution in [0.4, 0.5) is 0 Å². The highest BCUT2D eigenvalue weighted by molar-refractivity contribution is 6.31. The molecule has 84 valence electrons. The van der Waals surface area contributed by atoms with Crippen LogP contribution in [0.2, 0.25) is 5.02 Å². The lowest BCUT2D eigenvalue weighted by molar-refractivity contribution is 0.457. The average Bonchev–Trinajstić information content (AvgIpc) is 2.18. The third kappa shape index (κ3) is 3.51. The second-order valence-electron chi connectivity index (χ2n) is 4.48. The fraction of sp³-hybridized carbons (Fsp3) is 0.538. The maximum absolute atomic E-state index is 6.12. The maximum Gasteiger partial charge on any atom is 0.0438 e. The second-order valence-corrected chi connectivity index (χ2v) is 4.89. The Labute approximate surface area is 97.8 Å². The summed E-state index contributed by atoms with van der Waals surface area (Å²) in [6.07, 6.45) is 1.13. The van der Waals surface area contributed by atoms with Crippen molar-refractivity contribution < 1.29 is 0 Å². The smallest absolute Gasteiger partial charge is 0.0438 e. The van der Waals surface area contributed by atoms with Crippen LogP contribution in [0.15, 0.2) is 18.2 Å². The van der Waals surface area contributed by atoms with E-state index in [1.54, 1.807) is 0 Å². The molecule has 15 heavy (non-hydrogen) atoms. The summed E-state index contributed by atoms with van der Waals surface area (Å²) in [7, 11) is 2.00. The third-order valence-electron chi connectivity index (χ3n) is 2.65. The highest BCUT2D eigenvalue weighted by Crippen LogP contribution is 2.25. The lowest BCUT2D eigenvalue weighted by Gasteiger charge is -2.19. The molecule has 0 aliphatic rings. The first-order valence-corrected chi connectivity index (χ1v) is 5.85. The van der Waals surface area contributed by atoms with Gasteiger partial charge in [0.15, 0.2) is 0 Å². The van der Waals surface area contributed by atoms with Gasteiger partial charge in [-0.2, -0.15) is 0 Å². The van der Waals surface area contributed by atoms with E-state index in [1.807, 2.05) is 14.0 Å². The first-order valence-electron chi connectivity index (χ1n) is 5.48. The van der Waals surface area contributed by atoms with Crippen molar-refractivity contribution in [3.8, 4) is 0 Å². The summed E-state index contributed by atoms with van der Waals surface area (Å²) in [5.41, 5.74) is 2.42. The minimum Gasteiger partial charge on any atom is -0.313 e. The van der Waals surface area contributed by atoms with Crippen molar-refractivity contribution in [2.24, 2.45) is 5.92 Å². The zero-order valence-corrected chi connectivity index (χ0v) is 10.7. The van der Waals surface area contributed by atoms with E-state index in [2.05, 4.69) is 37.4 Å². The Kier molecular flexibility index (Phi) is 4.62. The molecule has 1 aromatic carbocycles. The SMILES string of the molecule is CNC(CC(C)C)c1ccc(C)c(Cl)c1. The lowest BCUT2D eigenvalue weighted by atomic mass is 9.96. The molecular formula is C13H20ClN. The van der Waals surface area contributed by atoms with Gasteiger partial charge in [-0.25, -0.2) is 0 Å². The Hall–Kier alpha value is -0.530. The molecule has 2 heteroatoms. The lowest BCUT2D eigenvalue weighted by Crippen LogP contribution is -2.18. The summed E-state index contributed by atoms with van der Waals surface area (Å²) in [5, 5.41) is 4.20. The Morgan fingerprint density at radius 3 is 2.47 bits per heavy atom. The molecule has 1 unspecified atom stereocenters. The number of hydrogen-bond acceptors (Lipinski definition) is 1. The fourth-order valence-corrected chi connectivity index (χ4v) is 1.91. The van der Waals surface area contributed by atoms with Crippen molar-refractivity contribution in [1.29, 1.82) is 0 Å². The molecule has 0 radical (unpaired) electrons. The van der Waals surface area contributed by atoms with Crippen LogP contribution in [0.1, 0.15) is 37.4 Å². The van der Waals surface area contributed by atoms with Crippen LogP contribution in [-0.4, -0.2) is 7.05 Å². The van der Waals surface area contributed by atoms with Gasteiger partial charge in [-0.15, -0.1) is 0 Å². The number of aryl methyl sites for hydroxylation is 1. The molecule has 1 rings (SSSR count). The van der Waals surface area contributed by atoms with Crippen molar-refractivity contribution in [3.05, 3.63) is 34.3 Å². The summed E-state index contributed by atoms with van der Waals surface area (Å²) in [4.78, 5) is 0. The highest BCUT2D eigenvalue weighted by Gasteiger charge is 2.11. The normalized spacial score (nSPS) is 13.2. The van der Waals surface area contributed by atoms with Gasteiger partial charge >= 0.3 is 0 Å². The zero-order valence-electron chi connectivity index (χ0n) is 9.97. The van der Waals surface area contributed by atoms with Gasteiger partial charge in [-0.3, -0.25) is 0 Å². The molecule has 0 aliphatic heterocycles. The Morgan fingerprint density at radius 2 is 2.00 bits per heavy atom. The molecule has 1 nitrogen and oxygen atoms in total. The first-order chi connectivity index (χ1) is 7.04. The number of rotatable bonds is 4. The predicted octanol–water partition coefficient (Wildman–Crippen LogP) is 3.96. The quantitative estimate of drug-likeness (QED) is 0.818. The van der Waals surface area contributed by atoms with E-state index >= 15 is 0 Å². The van der Waals surface area contributed by atoms with Crippen molar-refractivity contribution in [3.63, 3.8) is 0 Å². The molecule has 1 atom stereocenters. The van der Waals surface area contributed by atoms with Crippen LogP contribution in [0, 0.1) is 12.8 Å². The molecule has 1 aromatic rings. The van der Waals surface area contributed by atoms with Crippen LogP contribution in [0.25, 0.3) is 0 Å². The zero-order chi connectivity index (χ0) is 11.4. The van der Waals surface area contributed by atoms with Crippen LogP contribution in [0.5, 0.6) is 0 Å². The van der Waals surface area contributed by atoms with Gasteiger partial charge in [-0.1, -0.05) is 37.6 Å². The van der Waals surface area contributed by atoms with E-state index in [1.165, 1.54) is 5.56 Å². The van der Waals surface area contributed by atoms with Gasteiger partial charge in [0, 0.05) is 11.1 Å². The van der Waals surface area contributed by atoms with Crippen LogP contribution >= 0.6 is 11.6 Å². The molecule has 0 saturated heterocycles. The molecule has 0 aromatic heterocycles. The highest BCUT2D eigenvalue weighted by atomic mass is 35.5. The molecule has 0 spiro atoms. The summed E-state index contributed by atoms with van der Waals surface area (Å²) in [6, 6.07) is 6.72. The first kappa shape index (κ1) is 12.5. The van der Waals surface area contributed by atoms with Gasteiger partial charge in [0.2, 0.25) is 0 Å². The summed E-state index contributed by atoms with van der Waals surface area (Å²) in [6.45, 7) is 6.50. The Morgan fingerprint density at radius 1 is 1.33 bits per heavy atom. The van der Waals surface area contributed by atoms with E-state index in [4.69, 9.17) is 11.6 Å². The predicted molar refractivity (Wildman–Crippen MR) is 67.4 cm³/mol. The van der Waals surface area contributed by atoms with Gasteiger partial charge in [0.05, 0.1) is 0 Å². The standard InChI is InChI=1S/C13H20ClN/c1-9(2)7-13(15-4)11-6-5-10(3)12(14)8-11/h5-6,8-9,13,15H,7H2,1-4H3. The minimum absolute atomic E-state index is 0.406. The van der Waals surface area contributed by atoms with E-state index in [-0.39, 0.29) is 0 Å². The number of nitrogens with one attached hydrogen (secondary N) is 1. The van der Waals surface area contributed by atoms with Gasteiger partial charge in [0.25, 0.3) is 0 Å². The molecule has 0 saturated carbocycles. The largest absolute Gasteiger partial charge is 0.313 e. The Balaban J connectivity index is 2.87. The number of hydrogen-bond donors (Lipinski definition) is 1. The van der Waals surface area contributed by atoms with Crippen LogP contribution in [0.3, 0.4) is 0 Å². The van der Waals surface area contributed by atoms with E-state index in [9.17, 15) is 0 Å². The number of benzene rings is 1. The summed E-state index contributed by atoms with van der Waals surface area (Å²) >= 11 is 6.12. The minimum atomic E-state index is 0.406. The molecule has 0 fully saturated rings. The molecule has 0 bridgehead atoms. The molecule has 1 N–H and O–H groups in total. The molecule has 0 amide bonds. The van der Waals surface area contributed by atoms with E-state index in [0.29, 0.717) is 12.0 Å². The monoisotopic (exact) mass is 225 g/mol. The van der Waals surface area contributed by atoms with Crippen LogP contribution < -0.4 is 5.32 Å². The van der Waals surface area contributed by atoms with E-state index in [0.717, 1.165) is 17.0 Å². The third-order valence-corrected chi connectivity index (χ3v) is 3.06. The molecule has 0 aliphatic carbocycles. The molecular weight excluding hydrogens is 206 g/mol. The van der Waals surface area contributed by atoms with Gasteiger partial charge < -0.3 is 5.32 Å². The topological polar surface area (TPSA) is 12.0 Å². The van der Waals surface area contributed by atoms with Gasteiger partial charge in [-0.05, 0) is 43.5 Å². The second kappa shape index (κ2) is 5.53. The summed E-state index contributed by atoms with van der Waals surface area (Å²) < 4.78 is 0. The van der Waals surface area contributed by atoms with Crippen molar-refractivity contribution in [2.45, 2.75) is 33.2 Å². The average molecular weight is 226 g/mol. The summed E-state index contributed by atoms with van der Waals surface area (Å²) in [5.74, 6) is 0.683. The Bertz CT molecular complexity index is 320.